The van der Waals surface area contributed by atoms with Crippen molar-refractivity contribution in [1.29, 1.82) is 16.1 Å². The number of hydrogen-bond acceptors (Lipinski definition) is 7. The van der Waals surface area contributed by atoms with Crippen LogP contribution in [0, 0.1) is 28.1 Å². The summed E-state index contributed by atoms with van der Waals surface area (Å²) in [5.41, 5.74) is 2.36. The number of benzene rings is 1. The Hall–Kier alpha value is -3.93. The summed E-state index contributed by atoms with van der Waals surface area (Å²) in [4.78, 5) is 19.8. The second kappa shape index (κ2) is 8.44. The maximum atomic E-state index is 12.2. The van der Waals surface area contributed by atoms with Crippen LogP contribution < -0.4 is 15.3 Å². The highest BCUT2D eigenvalue weighted by Gasteiger charge is 2.28. The molecule has 2 aliphatic rings. The summed E-state index contributed by atoms with van der Waals surface area (Å²) in [6, 6.07) is 7.81. The van der Waals surface area contributed by atoms with Crippen LogP contribution in [0.15, 0.2) is 35.3 Å². The van der Waals surface area contributed by atoms with E-state index in [1.807, 2.05) is 12.1 Å². The lowest BCUT2D eigenvalue weighted by atomic mass is 9.92. The standard InChI is InChI=1S/C22H23N7O2/c1-27(14-24)20(25)15-6-9-28(10-7-15)19-16(12-23)4-2-5-17(19)18-13-26-22(30)29-8-3-11-31-21(18)29/h2-5,8,13-15,24-25H,6-7,9-11H2,1H3. The molecule has 2 aromatic rings. The predicted molar refractivity (Wildman–Crippen MR) is 119 cm³/mol. The number of hydrogen-bond donors (Lipinski definition) is 2. The molecule has 4 rings (SSSR count). The fraction of sp³-hybridized carbons (Fsp3) is 0.318. The SMILES string of the molecule is CN(C=N)C(=N)C1CCN(c2c(C#N)cccc2-c2cnc(=O)n3c2OCC=C3)CC1. The van der Waals surface area contributed by atoms with E-state index in [0.717, 1.165) is 30.4 Å². The van der Waals surface area contributed by atoms with Crippen molar-refractivity contribution in [2.45, 2.75) is 12.8 Å². The van der Waals surface area contributed by atoms with Crippen molar-refractivity contribution in [2.75, 3.05) is 31.6 Å². The minimum Gasteiger partial charge on any atom is -0.474 e. The molecule has 1 aromatic heterocycles. The van der Waals surface area contributed by atoms with Crippen molar-refractivity contribution in [2.24, 2.45) is 5.92 Å². The second-order valence-electron chi connectivity index (χ2n) is 7.53. The number of fused-ring (bicyclic) bond motifs is 1. The maximum absolute atomic E-state index is 12.2. The molecule has 0 bridgehead atoms. The first-order valence-corrected chi connectivity index (χ1v) is 10.1. The van der Waals surface area contributed by atoms with Crippen molar-refractivity contribution in [1.82, 2.24) is 14.5 Å². The van der Waals surface area contributed by atoms with E-state index in [2.05, 4.69) is 16.0 Å². The summed E-state index contributed by atoms with van der Waals surface area (Å²) in [7, 11) is 1.72. The van der Waals surface area contributed by atoms with Gasteiger partial charge in [0.2, 0.25) is 5.88 Å². The molecule has 0 atom stereocenters. The van der Waals surface area contributed by atoms with E-state index in [4.69, 9.17) is 15.6 Å². The van der Waals surface area contributed by atoms with Crippen molar-refractivity contribution in [3.63, 3.8) is 0 Å². The third-order valence-corrected chi connectivity index (χ3v) is 5.75. The topological polar surface area (TPSA) is 122 Å². The largest absolute Gasteiger partial charge is 0.474 e. The normalized spacial score (nSPS) is 15.5. The monoisotopic (exact) mass is 417 g/mol. The molecule has 0 aliphatic carbocycles. The Kier molecular flexibility index (Phi) is 5.54. The first kappa shape index (κ1) is 20.3. The molecule has 2 N–H and O–H groups in total. The molecule has 1 aromatic carbocycles. The van der Waals surface area contributed by atoms with E-state index in [1.165, 1.54) is 15.7 Å². The van der Waals surface area contributed by atoms with E-state index >= 15 is 0 Å². The minimum atomic E-state index is -0.415. The van der Waals surface area contributed by atoms with Crippen LogP contribution in [0.3, 0.4) is 0 Å². The summed E-state index contributed by atoms with van der Waals surface area (Å²) < 4.78 is 7.15. The van der Waals surface area contributed by atoms with Gasteiger partial charge >= 0.3 is 5.69 Å². The molecule has 0 saturated carbocycles. The van der Waals surface area contributed by atoms with Gasteiger partial charge in [0.1, 0.15) is 18.5 Å². The van der Waals surface area contributed by atoms with Crippen molar-refractivity contribution < 1.29 is 4.74 Å². The lowest BCUT2D eigenvalue weighted by Gasteiger charge is -2.36. The Labute approximate surface area is 179 Å². The third kappa shape index (κ3) is 3.68. The van der Waals surface area contributed by atoms with Gasteiger partial charge in [-0.2, -0.15) is 5.26 Å². The molecule has 0 amide bonds. The van der Waals surface area contributed by atoms with Crippen LogP contribution >= 0.6 is 0 Å². The van der Waals surface area contributed by atoms with Gasteiger partial charge in [0.15, 0.2) is 0 Å². The molecule has 1 fully saturated rings. The average molecular weight is 417 g/mol. The average Bonchev–Trinajstić information content (AvgIpc) is 2.83. The number of para-hydroxylation sites is 1. The predicted octanol–water partition coefficient (Wildman–Crippen LogP) is 2.38. The number of piperidine rings is 1. The zero-order valence-corrected chi connectivity index (χ0v) is 17.2. The molecule has 0 unspecified atom stereocenters. The van der Waals surface area contributed by atoms with Gasteiger partial charge in [-0.05, 0) is 25.0 Å². The number of anilines is 1. The molecule has 3 heterocycles. The fourth-order valence-corrected chi connectivity index (χ4v) is 4.12. The van der Waals surface area contributed by atoms with E-state index in [9.17, 15) is 10.1 Å². The van der Waals surface area contributed by atoms with E-state index in [-0.39, 0.29) is 5.92 Å². The number of aromatic nitrogens is 2. The van der Waals surface area contributed by atoms with Crippen LogP contribution in [0.4, 0.5) is 5.69 Å². The van der Waals surface area contributed by atoms with Crippen molar-refractivity contribution in [3.8, 4) is 23.1 Å². The van der Waals surface area contributed by atoms with Crippen molar-refractivity contribution in [3.05, 3.63) is 46.5 Å². The summed E-state index contributed by atoms with van der Waals surface area (Å²) in [5, 5.41) is 25.4. The highest BCUT2D eigenvalue weighted by atomic mass is 16.5. The Morgan fingerprint density at radius 1 is 1.35 bits per heavy atom. The summed E-state index contributed by atoms with van der Waals surface area (Å²) in [6.45, 7) is 1.71. The van der Waals surface area contributed by atoms with Crippen molar-refractivity contribution >= 4 is 24.1 Å². The van der Waals surface area contributed by atoms with E-state index in [0.29, 0.717) is 42.5 Å². The molecule has 9 heteroatoms. The summed E-state index contributed by atoms with van der Waals surface area (Å²) in [6.07, 6.45) is 7.56. The van der Waals surface area contributed by atoms with Gasteiger partial charge in [0, 0.05) is 44.0 Å². The van der Waals surface area contributed by atoms with Gasteiger partial charge in [-0.1, -0.05) is 12.1 Å². The molecule has 0 spiro atoms. The van der Waals surface area contributed by atoms with Gasteiger partial charge < -0.3 is 14.5 Å². The zero-order valence-electron chi connectivity index (χ0n) is 17.2. The van der Waals surface area contributed by atoms with E-state index < -0.39 is 5.69 Å². The zero-order chi connectivity index (χ0) is 22.0. The minimum absolute atomic E-state index is 0.0683. The molecule has 158 valence electrons. The van der Waals surface area contributed by atoms with Gasteiger partial charge in [0.25, 0.3) is 0 Å². The number of nitrogens with one attached hydrogen (secondary N) is 2. The van der Waals surface area contributed by atoms with Crippen LogP contribution in [0.25, 0.3) is 17.3 Å². The maximum Gasteiger partial charge on any atom is 0.354 e. The molecule has 0 radical (unpaired) electrons. The molecular weight excluding hydrogens is 394 g/mol. The first-order valence-electron chi connectivity index (χ1n) is 10.1. The van der Waals surface area contributed by atoms with Crippen LogP contribution in [-0.4, -0.2) is 53.4 Å². The third-order valence-electron chi connectivity index (χ3n) is 5.75. The van der Waals surface area contributed by atoms with Crippen LogP contribution in [0.1, 0.15) is 18.4 Å². The molecule has 1 saturated heterocycles. The van der Waals surface area contributed by atoms with Crippen LogP contribution in [0.2, 0.25) is 0 Å². The quantitative estimate of drug-likeness (QED) is 0.582. The van der Waals surface area contributed by atoms with Gasteiger partial charge in [-0.15, -0.1) is 0 Å². The van der Waals surface area contributed by atoms with Gasteiger partial charge in [0.05, 0.1) is 23.2 Å². The van der Waals surface area contributed by atoms with Gasteiger partial charge in [-0.3, -0.25) is 10.8 Å². The summed E-state index contributed by atoms with van der Waals surface area (Å²) in [5.74, 6) is 0.922. The Bertz CT molecular complexity index is 1150. The number of amidine groups is 1. The number of nitriles is 1. The molecule has 2 aliphatic heterocycles. The Morgan fingerprint density at radius 3 is 2.84 bits per heavy atom. The molecular formula is C22H23N7O2. The lowest BCUT2D eigenvalue weighted by Crippen LogP contribution is -2.41. The smallest absolute Gasteiger partial charge is 0.354 e. The Morgan fingerprint density at radius 2 is 2.13 bits per heavy atom. The number of ether oxygens (including phenoxy) is 1. The van der Waals surface area contributed by atoms with Crippen LogP contribution in [-0.2, 0) is 0 Å². The fourth-order valence-electron chi connectivity index (χ4n) is 4.12. The van der Waals surface area contributed by atoms with Gasteiger partial charge in [-0.25, -0.2) is 14.3 Å². The number of rotatable bonds is 4. The highest BCUT2D eigenvalue weighted by Crippen LogP contribution is 2.40. The number of nitrogens with zero attached hydrogens (tertiary/aromatic N) is 5. The molecule has 9 nitrogen and oxygen atoms in total. The second-order valence-corrected chi connectivity index (χ2v) is 7.53. The van der Waals surface area contributed by atoms with E-state index in [1.54, 1.807) is 25.4 Å². The lowest BCUT2D eigenvalue weighted by molar-refractivity contribution is 0.332. The first-order chi connectivity index (χ1) is 15.0. The summed E-state index contributed by atoms with van der Waals surface area (Å²) >= 11 is 0. The van der Waals surface area contributed by atoms with Crippen LogP contribution in [0.5, 0.6) is 5.88 Å². The molecule has 31 heavy (non-hydrogen) atoms. The highest BCUT2D eigenvalue weighted by molar-refractivity contribution is 5.91. The Balaban J connectivity index is 1.72.